The highest BCUT2D eigenvalue weighted by molar-refractivity contribution is 7.89. The van der Waals surface area contributed by atoms with E-state index < -0.39 is 34.5 Å². The third-order valence-electron chi connectivity index (χ3n) is 6.22. The Morgan fingerprint density at radius 3 is 2.25 bits per heavy atom. The first-order valence-corrected chi connectivity index (χ1v) is 13.5. The summed E-state index contributed by atoms with van der Waals surface area (Å²) in [6, 6.07) is 25.9. The molecule has 1 fully saturated rings. The number of hydrogen-bond acceptors (Lipinski definition) is 5. The zero-order chi connectivity index (χ0) is 25.5. The molecule has 1 aliphatic rings. The van der Waals surface area contributed by atoms with Gasteiger partial charge in [-0.3, -0.25) is 0 Å². The van der Waals surface area contributed by atoms with E-state index in [2.05, 4.69) is 0 Å². The molecule has 6 nitrogen and oxygen atoms in total. The maximum atomic E-state index is 13.9. The van der Waals surface area contributed by atoms with Crippen LogP contribution in [0.15, 0.2) is 102 Å². The van der Waals surface area contributed by atoms with E-state index in [-0.39, 0.29) is 11.7 Å². The maximum Gasteiger partial charge on any atom is 0.245 e. The number of benzene rings is 3. The average Bonchev–Trinajstić information content (AvgIpc) is 3.25. The number of rotatable bonds is 10. The molecule has 3 aromatic rings. The number of aryl methyl sites for hydroxylation is 1. The summed E-state index contributed by atoms with van der Waals surface area (Å²) >= 11 is 0. The molecule has 190 valence electrons. The summed E-state index contributed by atoms with van der Waals surface area (Å²) in [5, 5.41) is 0. The van der Waals surface area contributed by atoms with Crippen LogP contribution in [0.3, 0.4) is 0 Å². The summed E-state index contributed by atoms with van der Waals surface area (Å²) in [7, 11) is -3.88. The van der Waals surface area contributed by atoms with Gasteiger partial charge in [0.2, 0.25) is 10.0 Å². The molecule has 1 aliphatic heterocycles. The predicted molar refractivity (Wildman–Crippen MR) is 140 cm³/mol. The first-order chi connectivity index (χ1) is 17.4. The quantitative estimate of drug-likeness (QED) is 0.203. The minimum Gasteiger partial charge on any atom is -0.351 e. The van der Waals surface area contributed by atoms with Crippen LogP contribution in [-0.4, -0.2) is 37.9 Å². The van der Waals surface area contributed by atoms with Crippen molar-refractivity contribution in [3.8, 4) is 0 Å². The Bertz CT molecular complexity index is 1230. The number of nitrogens with zero attached hydrogens (tertiary/aromatic N) is 1. The van der Waals surface area contributed by atoms with Gasteiger partial charge < -0.3 is 14.2 Å². The van der Waals surface area contributed by atoms with Crippen molar-refractivity contribution in [1.29, 1.82) is 0 Å². The molecule has 0 aliphatic carbocycles. The molecule has 0 radical (unpaired) electrons. The van der Waals surface area contributed by atoms with E-state index in [9.17, 15) is 8.42 Å². The molecule has 0 aromatic heterocycles. The Kier molecular flexibility index (Phi) is 8.72. The summed E-state index contributed by atoms with van der Waals surface area (Å²) in [6.45, 7) is 6.06. The molecule has 0 N–H and O–H groups in total. The first-order valence-electron chi connectivity index (χ1n) is 12.1. The van der Waals surface area contributed by atoms with Crippen LogP contribution in [0.2, 0.25) is 0 Å². The normalized spacial score (nSPS) is 21.7. The summed E-state index contributed by atoms with van der Waals surface area (Å²) in [6.07, 6.45) is 1.67. The van der Waals surface area contributed by atoms with E-state index in [1.165, 1.54) is 4.31 Å². The molecule has 0 bridgehead atoms. The second-order valence-corrected chi connectivity index (χ2v) is 10.7. The van der Waals surface area contributed by atoms with Gasteiger partial charge in [0, 0.05) is 0 Å². The Balaban J connectivity index is 1.61. The lowest BCUT2D eigenvalue weighted by molar-refractivity contribution is -0.136. The second-order valence-electron chi connectivity index (χ2n) is 8.86. The minimum absolute atomic E-state index is 0.00738. The van der Waals surface area contributed by atoms with Gasteiger partial charge in [0.1, 0.15) is 19.0 Å². The van der Waals surface area contributed by atoms with Crippen LogP contribution in [0.5, 0.6) is 0 Å². The predicted octanol–water partition coefficient (Wildman–Crippen LogP) is 5.61. The first kappa shape index (κ1) is 26.3. The lowest BCUT2D eigenvalue weighted by atomic mass is 10.0. The minimum atomic E-state index is -3.88. The van der Waals surface area contributed by atoms with Crippen molar-refractivity contribution >= 4 is 10.0 Å². The highest BCUT2D eigenvalue weighted by Gasteiger charge is 2.50. The molecule has 3 aromatic carbocycles. The molecular formula is C29H33NO5S. The average molecular weight is 508 g/mol. The summed E-state index contributed by atoms with van der Waals surface area (Å²) < 4.78 is 47.5. The lowest BCUT2D eigenvalue weighted by Crippen LogP contribution is -2.46. The molecule has 0 unspecified atom stereocenters. The largest absolute Gasteiger partial charge is 0.351 e. The summed E-state index contributed by atoms with van der Waals surface area (Å²) in [5.41, 5.74) is 2.93. The molecule has 36 heavy (non-hydrogen) atoms. The van der Waals surface area contributed by atoms with Crippen LogP contribution < -0.4 is 0 Å². The summed E-state index contributed by atoms with van der Waals surface area (Å²) in [4.78, 5) is 0.224. The number of hydrogen-bond donors (Lipinski definition) is 0. The molecule has 4 rings (SSSR count). The van der Waals surface area contributed by atoms with E-state index in [1.54, 1.807) is 24.3 Å². The van der Waals surface area contributed by atoms with Crippen LogP contribution in [0.25, 0.3) is 0 Å². The van der Waals surface area contributed by atoms with E-state index >= 15 is 0 Å². The van der Waals surface area contributed by atoms with Gasteiger partial charge in [0.05, 0.1) is 17.5 Å². The third-order valence-corrected chi connectivity index (χ3v) is 8.18. The zero-order valence-electron chi connectivity index (χ0n) is 20.9. The standard InChI is InChI=1S/C29H33NO5S/c1-4-11-27(34-21-33-20-24-12-7-5-8-13-24)29-30(36(31,32)26-18-16-22(2)17-19-26)23(3)28(35-29)25-14-9-6-10-15-25/h4-19,23,27-29H,20-21H2,1-3H3/b11-4+/t23-,27+,28-,29+/m0/s1. The highest BCUT2D eigenvalue weighted by atomic mass is 32.2. The SMILES string of the molecule is C/C=C/[C@@H](OCOCc1ccccc1)[C@H]1O[C@H](c2ccccc2)[C@H](C)N1S(=O)(=O)c1ccc(C)cc1. The van der Waals surface area contributed by atoms with Gasteiger partial charge in [-0.1, -0.05) is 90.5 Å². The van der Waals surface area contributed by atoms with Crippen molar-refractivity contribution in [1.82, 2.24) is 4.31 Å². The Labute approximate surface area is 214 Å². The molecule has 4 atom stereocenters. The molecule has 0 spiro atoms. The molecule has 0 saturated carbocycles. The molecule has 1 saturated heterocycles. The van der Waals surface area contributed by atoms with Gasteiger partial charge >= 0.3 is 0 Å². The van der Waals surface area contributed by atoms with E-state index in [4.69, 9.17) is 14.2 Å². The van der Waals surface area contributed by atoms with Crippen molar-refractivity contribution in [2.45, 2.75) is 56.8 Å². The van der Waals surface area contributed by atoms with Gasteiger partial charge in [-0.05, 0) is 44.0 Å². The van der Waals surface area contributed by atoms with Gasteiger partial charge in [0.25, 0.3) is 0 Å². The second kappa shape index (κ2) is 12.0. The fourth-order valence-corrected chi connectivity index (χ4v) is 6.10. The highest BCUT2D eigenvalue weighted by Crippen LogP contribution is 2.40. The maximum absolute atomic E-state index is 13.9. The number of sulfonamides is 1. The molecule has 0 amide bonds. The van der Waals surface area contributed by atoms with Crippen LogP contribution >= 0.6 is 0 Å². The van der Waals surface area contributed by atoms with Crippen molar-refractivity contribution in [3.05, 3.63) is 114 Å². The van der Waals surface area contributed by atoms with Crippen LogP contribution in [0, 0.1) is 6.92 Å². The zero-order valence-corrected chi connectivity index (χ0v) is 21.7. The molecular weight excluding hydrogens is 474 g/mol. The van der Waals surface area contributed by atoms with Gasteiger partial charge in [-0.25, -0.2) is 8.42 Å². The van der Waals surface area contributed by atoms with Crippen molar-refractivity contribution in [3.63, 3.8) is 0 Å². The smallest absolute Gasteiger partial charge is 0.245 e. The fourth-order valence-electron chi connectivity index (χ4n) is 4.38. The molecule has 7 heteroatoms. The van der Waals surface area contributed by atoms with Crippen LogP contribution in [-0.2, 0) is 30.8 Å². The van der Waals surface area contributed by atoms with Crippen molar-refractivity contribution in [2.75, 3.05) is 6.79 Å². The van der Waals surface area contributed by atoms with E-state index in [0.29, 0.717) is 6.61 Å². The monoisotopic (exact) mass is 507 g/mol. The Hall–Kier alpha value is -2.81. The van der Waals surface area contributed by atoms with Gasteiger partial charge in [-0.2, -0.15) is 4.31 Å². The van der Waals surface area contributed by atoms with E-state index in [0.717, 1.165) is 16.7 Å². The number of ether oxygens (including phenoxy) is 3. The Morgan fingerprint density at radius 2 is 1.61 bits per heavy atom. The third kappa shape index (κ3) is 5.94. The van der Waals surface area contributed by atoms with Crippen LogP contribution in [0.4, 0.5) is 0 Å². The topological polar surface area (TPSA) is 65.1 Å². The van der Waals surface area contributed by atoms with E-state index in [1.807, 2.05) is 93.6 Å². The van der Waals surface area contributed by atoms with Gasteiger partial charge in [-0.15, -0.1) is 0 Å². The van der Waals surface area contributed by atoms with Gasteiger partial charge in [0.15, 0.2) is 6.23 Å². The summed E-state index contributed by atoms with van der Waals surface area (Å²) in [5.74, 6) is 0. The fraction of sp³-hybridized carbons (Fsp3) is 0.310. The lowest BCUT2D eigenvalue weighted by Gasteiger charge is -2.30. The van der Waals surface area contributed by atoms with Crippen LogP contribution in [0.1, 0.15) is 36.6 Å². The number of allylic oxidation sites excluding steroid dienone is 1. The van der Waals surface area contributed by atoms with Crippen molar-refractivity contribution < 1.29 is 22.6 Å². The van der Waals surface area contributed by atoms with Crippen molar-refractivity contribution in [2.24, 2.45) is 0 Å². The Morgan fingerprint density at radius 1 is 0.972 bits per heavy atom. The molecule has 1 heterocycles.